The van der Waals surface area contributed by atoms with E-state index in [-0.39, 0.29) is 10.9 Å². The van der Waals surface area contributed by atoms with Gasteiger partial charge >= 0.3 is 0 Å². The molecule has 0 aliphatic carbocycles. The van der Waals surface area contributed by atoms with Crippen molar-refractivity contribution in [1.82, 2.24) is 4.90 Å². The highest BCUT2D eigenvalue weighted by Crippen LogP contribution is 2.25. The fourth-order valence-electron chi connectivity index (χ4n) is 1.65. The number of rotatable bonds is 3. The molecule has 2 nitrogen and oxygen atoms in total. The van der Waals surface area contributed by atoms with Gasteiger partial charge in [0.15, 0.2) is 0 Å². The maximum Gasteiger partial charge on any atom is 0.266 e. The molecule has 1 aromatic rings. The lowest BCUT2D eigenvalue weighted by Gasteiger charge is -2.15. The van der Waals surface area contributed by atoms with Gasteiger partial charge in [0.1, 0.15) is 5.03 Å². The summed E-state index contributed by atoms with van der Waals surface area (Å²) in [7, 11) is 0. The first-order valence-corrected chi connectivity index (χ1v) is 5.81. The van der Waals surface area contributed by atoms with Gasteiger partial charge in [0, 0.05) is 6.54 Å². The van der Waals surface area contributed by atoms with Crippen LogP contribution in [-0.2, 0) is 11.2 Å². The third kappa shape index (κ3) is 2.39. The average molecular weight is 256 g/mol. The quantitative estimate of drug-likeness (QED) is 0.814. The lowest BCUT2D eigenvalue weighted by molar-refractivity contribution is -0.124. The summed E-state index contributed by atoms with van der Waals surface area (Å²) < 4.78 is 0. The lowest BCUT2D eigenvalue weighted by Crippen LogP contribution is -2.28. The Balaban J connectivity index is 1.92. The zero-order valence-corrected chi connectivity index (χ0v) is 10.1. The second kappa shape index (κ2) is 4.89. The van der Waals surface area contributed by atoms with Crippen LogP contribution in [0.2, 0.25) is 0 Å². The molecule has 0 saturated heterocycles. The molecule has 1 aliphatic heterocycles. The Kier molecular flexibility index (Phi) is 3.52. The molecule has 84 valence electrons. The van der Waals surface area contributed by atoms with Crippen molar-refractivity contribution >= 4 is 29.1 Å². The maximum atomic E-state index is 11.6. The molecule has 1 aromatic carbocycles. The van der Waals surface area contributed by atoms with Crippen LogP contribution in [0.15, 0.2) is 40.4 Å². The highest BCUT2D eigenvalue weighted by Gasteiger charge is 2.27. The summed E-state index contributed by atoms with van der Waals surface area (Å²) in [5.41, 5.74) is 1.20. The molecule has 0 N–H and O–H groups in total. The predicted octanol–water partition coefficient (Wildman–Crippen LogP) is 2.76. The van der Waals surface area contributed by atoms with Gasteiger partial charge in [-0.2, -0.15) is 0 Å². The highest BCUT2D eigenvalue weighted by molar-refractivity contribution is 6.49. The largest absolute Gasteiger partial charge is 0.332 e. The first-order valence-electron chi connectivity index (χ1n) is 5.06. The van der Waals surface area contributed by atoms with Crippen LogP contribution in [0.4, 0.5) is 0 Å². The topological polar surface area (TPSA) is 20.3 Å². The van der Waals surface area contributed by atoms with Crippen LogP contribution in [0.3, 0.4) is 0 Å². The maximum absolute atomic E-state index is 11.6. The Morgan fingerprint density at radius 2 is 1.88 bits per heavy atom. The molecule has 0 fully saturated rings. The average Bonchev–Trinajstić information content (AvgIpc) is 2.56. The van der Waals surface area contributed by atoms with Gasteiger partial charge in [0.05, 0.1) is 11.6 Å². The number of nitrogens with zero attached hydrogens (tertiary/aromatic N) is 1. The summed E-state index contributed by atoms with van der Waals surface area (Å²) in [5.74, 6) is -0.164. The van der Waals surface area contributed by atoms with Crippen LogP contribution in [0.1, 0.15) is 5.56 Å². The van der Waals surface area contributed by atoms with Crippen LogP contribution < -0.4 is 0 Å². The monoisotopic (exact) mass is 255 g/mol. The second-order valence-electron chi connectivity index (χ2n) is 3.68. The van der Waals surface area contributed by atoms with E-state index in [2.05, 4.69) is 0 Å². The van der Waals surface area contributed by atoms with Gasteiger partial charge in [-0.3, -0.25) is 4.79 Å². The van der Waals surface area contributed by atoms with Crippen LogP contribution in [0, 0.1) is 0 Å². The number of hydrogen-bond acceptors (Lipinski definition) is 1. The molecule has 0 saturated carbocycles. The summed E-state index contributed by atoms with van der Waals surface area (Å²) in [5, 5.41) is 0.606. The third-order valence-corrected chi connectivity index (χ3v) is 3.35. The predicted molar refractivity (Wildman–Crippen MR) is 65.5 cm³/mol. The van der Waals surface area contributed by atoms with E-state index in [0.29, 0.717) is 18.1 Å². The van der Waals surface area contributed by atoms with Crippen molar-refractivity contribution in [2.24, 2.45) is 0 Å². The summed E-state index contributed by atoms with van der Waals surface area (Å²) in [4.78, 5) is 13.3. The van der Waals surface area contributed by atoms with E-state index in [1.165, 1.54) is 5.56 Å². The molecule has 1 amide bonds. The van der Waals surface area contributed by atoms with Gasteiger partial charge in [-0.15, -0.1) is 0 Å². The van der Waals surface area contributed by atoms with Crippen LogP contribution >= 0.6 is 23.2 Å². The second-order valence-corrected chi connectivity index (χ2v) is 4.52. The van der Waals surface area contributed by atoms with Gasteiger partial charge in [0.25, 0.3) is 5.91 Å². The van der Waals surface area contributed by atoms with E-state index in [1.54, 1.807) is 4.90 Å². The summed E-state index contributed by atoms with van der Waals surface area (Å²) in [6.07, 6.45) is 0.820. The first kappa shape index (κ1) is 11.5. The van der Waals surface area contributed by atoms with Crippen molar-refractivity contribution < 1.29 is 4.79 Å². The van der Waals surface area contributed by atoms with E-state index in [4.69, 9.17) is 23.2 Å². The number of carbonyl (C=O) groups is 1. The highest BCUT2D eigenvalue weighted by atomic mass is 35.5. The van der Waals surface area contributed by atoms with Crippen LogP contribution in [0.25, 0.3) is 0 Å². The fraction of sp³-hybridized carbons (Fsp3) is 0.250. The molecule has 0 atom stereocenters. The van der Waals surface area contributed by atoms with E-state index in [0.717, 1.165) is 6.42 Å². The number of benzene rings is 1. The van der Waals surface area contributed by atoms with E-state index in [9.17, 15) is 4.79 Å². The smallest absolute Gasteiger partial charge is 0.266 e. The molecule has 1 heterocycles. The van der Waals surface area contributed by atoms with Crippen molar-refractivity contribution in [3.8, 4) is 0 Å². The van der Waals surface area contributed by atoms with Crippen molar-refractivity contribution in [3.05, 3.63) is 46.0 Å². The van der Waals surface area contributed by atoms with Crippen molar-refractivity contribution in [1.29, 1.82) is 0 Å². The van der Waals surface area contributed by atoms with Crippen molar-refractivity contribution in [3.63, 3.8) is 0 Å². The molecule has 0 radical (unpaired) electrons. The zero-order chi connectivity index (χ0) is 11.5. The minimum Gasteiger partial charge on any atom is -0.332 e. The van der Waals surface area contributed by atoms with Gasteiger partial charge in [-0.05, 0) is 12.0 Å². The summed E-state index contributed by atoms with van der Waals surface area (Å²) in [6.45, 7) is 1.08. The molecule has 2 rings (SSSR count). The number of halogens is 2. The minimum absolute atomic E-state index is 0.162. The van der Waals surface area contributed by atoms with Gasteiger partial charge in [-0.25, -0.2) is 0 Å². The SMILES string of the molecule is O=C1C(Cl)=C(Cl)CN1CCc1ccccc1. The fourth-order valence-corrected chi connectivity index (χ4v) is 2.06. The summed E-state index contributed by atoms with van der Waals surface area (Å²) in [6, 6.07) is 10.0. The van der Waals surface area contributed by atoms with Gasteiger partial charge < -0.3 is 4.90 Å². The Morgan fingerprint density at radius 1 is 1.19 bits per heavy atom. The van der Waals surface area contributed by atoms with Crippen molar-refractivity contribution in [2.45, 2.75) is 6.42 Å². The number of carbonyl (C=O) groups excluding carboxylic acids is 1. The molecular weight excluding hydrogens is 245 g/mol. The molecule has 1 aliphatic rings. The van der Waals surface area contributed by atoms with Crippen LogP contribution in [-0.4, -0.2) is 23.9 Å². The Labute approximate surface area is 104 Å². The zero-order valence-electron chi connectivity index (χ0n) is 8.62. The van der Waals surface area contributed by atoms with Gasteiger partial charge in [-0.1, -0.05) is 53.5 Å². The molecular formula is C12H11Cl2NO. The van der Waals surface area contributed by atoms with Crippen molar-refractivity contribution in [2.75, 3.05) is 13.1 Å². The first-order chi connectivity index (χ1) is 7.68. The van der Waals surface area contributed by atoms with E-state index in [1.807, 2.05) is 30.3 Å². The van der Waals surface area contributed by atoms with E-state index < -0.39 is 0 Å². The normalized spacial score (nSPS) is 16.1. The summed E-state index contributed by atoms with van der Waals surface area (Å²) >= 11 is 11.6. The standard InChI is InChI=1S/C12H11Cl2NO/c13-10-8-15(12(16)11(10)14)7-6-9-4-2-1-3-5-9/h1-5H,6-8H2. The Bertz CT molecular complexity index is 428. The lowest BCUT2D eigenvalue weighted by atomic mass is 10.1. The molecule has 0 spiro atoms. The number of hydrogen-bond donors (Lipinski definition) is 0. The van der Waals surface area contributed by atoms with Crippen LogP contribution in [0.5, 0.6) is 0 Å². The molecule has 16 heavy (non-hydrogen) atoms. The molecule has 0 aromatic heterocycles. The molecule has 0 bridgehead atoms. The molecule has 4 heteroatoms. The van der Waals surface area contributed by atoms with E-state index >= 15 is 0 Å². The third-order valence-electron chi connectivity index (χ3n) is 2.56. The Hall–Kier alpha value is -0.990. The molecule has 0 unspecified atom stereocenters. The Morgan fingerprint density at radius 3 is 2.44 bits per heavy atom. The van der Waals surface area contributed by atoms with Gasteiger partial charge in [0.2, 0.25) is 0 Å². The number of amides is 1. The minimum atomic E-state index is -0.164.